The summed E-state index contributed by atoms with van der Waals surface area (Å²) in [5.41, 5.74) is 3.52. The molecule has 0 unspecified atom stereocenters. The molecule has 0 spiro atoms. The molecule has 2 heterocycles. The molecule has 0 radical (unpaired) electrons. The Bertz CT molecular complexity index is 709. The highest BCUT2D eigenvalue weighted by molar-refractivity contribution is 5.92. The minimum Gasteiger partial charge on any atom is -0.298 e. The average Bonchev–Trinajstić information content (AvgIpc) is 2.71. The molecule has 2 aromatic heterocycles. The van der Waals surface area contributed by atoms with E-state index in [1.807, 2.05) is 36.5 Å². The number of aromatic nitrogens is 2. The second kappa shape index (κ2) is 4.15. The highest BCUT2D eigenvalue weighted by atomic mass is 15.1. The fourth-order valence-electron chi connectivity index (χ4n) is 2.43. The molecular formula is C16H14N2. The zero-order valence-electron chi connectivity index (χ0n) is 10.3. The van der Waals surface area contributed by atoms with Gasteiger partial charge in [-0.3, -0.25) is 4.57 Å². The van der Waals surface area contributed by atoms with E-state index >= 15 is 0 Å². The molecule has 0 saturated heterocycles. The van der Waals surface area contributed by atoms with E-state index in [1.54, 1.807) is 0 Å². The summed E-state index contributed by atoms with van der Waals surface area (Å²) < 4.78 is 2.17. The zero-order chi connectivity index (χ0) is 12.5. The van der Waals surface area contributed by atoms with Crippen LogP contribution in [0.15, 0.2) is 55.2 Å². The molecule has 0 bridgehead atoms. The third-order valence-corrected chi connectivity index (χ3v) is 3.24. The fraction of sp³-hybridized carbons (Fsp3) is 0.0625. The molecule has 0 saturated carbocycles. The van der Waals surface area contributed by atoms with Crippen LogP contribution in [0.1, 0.15) is 11.3 Å². The minimum absolute atomic E-state index is 0.944. The van der Waals surface area contributed by atoms with E-state index in [0.29, 0.717) is 0 Å². The summed E-state index contributed by atoms with van der Waals surface area (Å²) in [4.78, 5) is 4.44. The molecule has 2 nitrogen and oxygen atoms in total. The number of benzene rings is 1. The Morgan fingerprint density at radius 3 is 2.61 bits per heavy atom. The van der Waals surface area contributed by atoms with Gasteiger partial charge in [0.1, 0.15) is 5.82 Å². The van der Waals surface area contributed by atoms with Crippen LogP contribution in [-0.2, 0) is 0 Å². The van der Waals surface area contributed by atoms with Crippen molar-refractivity contribution in [1.29, 1.82) is 0 Å². The van der Waals surface area contributed by atoms with Crippen LogP contribution in [0.3, 0.4) is 0 Å². The third kappa shape index (κ3) is 1.46. The molecule has 3 rings (SSSR count). The molecular weight excluding hydrogens is 220 g/mol. The minimum atomic E-state index is 0.944. The molecule has 0 atom stereocenters. The van der Waals surface area contributed by atoms with E-state index in [9.17, 15) is 0 Å². The van der Waals surface area contributed by atoms with Gasteiger partial charge in [0.25, 0.3) is 0 Å². The average molecular weight is 234 g/mol. The lowest BCUT2D eigenvalue weighted by Gasteiger charge is -2.06. The molecule has 0 amide bonds. The Hall–Kier alpha value is -2.35. The Morgan fingerprint density at radius 1 is 1.11 bits per heavy atom. The van der Waals surface area contributed by atoms with Gasteiger partial charge in [0.05, 0.1) is 5.52 Å². The second-order valence-electron chi connectivity index (χ2n) is 4.24. The van der Waals surface area contributed by atoms with Gasteiger partial charge in [0.2, 0.25) is 0 Å². The predicted octanol–water partition coefficient (Wildman–Crippen LogP) is 3.98. The topological polar surface area (TPSA) is 17.8 Å². The molecule has 0 fully saturated rings. The van der Waals surface area contributed by atoms with Crippen LogP contribution in [0.2, 0.25) is 0 Å². The second-order valence-corrected chi connectivity index (χ2v) is 4.24. The van der Waals surface area contributed by atoms with Crippen molar-refractivity contribution in [2.24, 2.45) is 0 Å². The molecule has 3 aromatic rings. The summed E-state index contributed by atoms with van der Waals surface area (Å²) in [7, 11) is 0. The first-order valence-electron chi connectivity index (χ1n) is 5.97. The van der Waals surface area contributed by atoms with Gasteiger partial charge in [-0.1, -0.05) is 36.9 Å². The van der Waals surface area contributed by atoms with Gasteiger partial charge < -0.3 is 0 Å². The molecule has 18 heavy (non-hydrogen) atoms. The smallest absolute Gasteiger partial charge is 0.137 e. The van der Waals surface area contributed by atoms with E-state index in [-0.39, 0.29) is 0 Å². The van der Waals surface area contributed by atoms with Crippen LogP contribution in [-0.4, -0.2) is 9.55 Å². The Labute approximate surface area is 106 Å². The highest BCUT2D eigenvalue weighted by Gasteiger charge is 2.12. The number of hydrogen-bond acceptors (Lipinski definition) is 1. The van der Waals surface area contributed by atoms with Gasteiger partial charge >= 0.3 is 0 Å². The Morgan fingerprint density at radius 2 is 1.89 bits per heavy atom. The summed E-state index contributed by atoms with van der Waals surface area (Å²) in [6.07, 6.45) is 3.73. The van der Waals surface area contributed by atoms with Gasteiger partial charge in [-0.25, -0.2) is 4.98 Å². The van der Waals surface area contributed by atoms with Crippen LogP contribution in [0.25, 0.3) is 22.8 Å². The fourth-order valence-corrected chi connectivity index (χ4v) is 2.43. The number of fused-ring (bicyclic) bond motifs is 1. The van der Waals surface area contributed by atoms with Gasteiger partial charge in [-0.2, -0.15) is 0 Å². The molecule has 88 valence electrons. The van der Waals surface area contributed by atoms with Crippen LogP contribution < -0.4 is 0 Å². The standard InChI is InChI=1S/C16H14N2/c1-3-13-12(2)18(16-10-6-7-11-17-16)15-9-5-4-8-14(13)15/h3-11H,1H2,2H3. The molecule has 0 aliphatic carbocycles. The number of nitrogens with zero attached hydrogens (tertiary/aromatic N) is 2. The van der Waals surface area contributed by atoms with Crippen molar-refractivity contribution < 1.29 is 0 Å². The number of pyridine rings is 1. The maximum atomic E-state index is 4.44. The van der Waals surface area contributed by atoms with Gasteiger partial charge in [0.15, 0.2) is 0 Å². The first-order chi connectivity index (χ1) is 8.83. The molecule has 0 N–H and O–H groups in total. The molecule has 1 aromatic carbocycles. The highest BCUT2D eigenvalue weighted by Crippen LogP contribution is 2.28. The van der Waals surface area contributed by atoms with Crippen molar-refractivity contribution in [3.05, 3.63) is 66.5 Å². The molecule has 2 heteroatoms. The van der Waals surface area contributed by atoms with Crippen LogP contribution in [0, 0.1) is 6.92 Å². The number of rotatable bonds is 2. The van der Waals surface area contributed by atoms with E-state index in [2.05, 4.69) is 41.3 Å². The van der Waals surface area contributed by atoms with Crippen molar-refractivity contribution in [1.82, 2.24) is 9.55 Å². The van der Waals surface area contributed by atoms with Gasteiger partial charge in [-0.15, -0.1) is 0 Å². The summed E-state index contributed by atoms with van der Waals surface area (Å²) in [6.45, 7) is 6.02. The van der Waals surface area contributed by atoms with Crippen LogP contribution >= 0.6 is 0 Å². The predicted molar refractivity (Wildman–Crippen MR) is 75.9 cm³/mol. The third-order valence-electron chi connectivity index (χ3n) is 3.24. The quantitative estimate of drug-likeness (QED) is 0.656. The van der Waals surface area contributed by atoms with E-state index in [1.165, 1.54) is 22.2 Å². The summed E-state index contributed by atoms with van der Waals surface area (Å²) in [6, 6.07) is 14.3. The van der Waals surface area contributed by atoms with E-state index in [0.717, 1.165) is 5.82 Å². The lowest BCUT2D eigenvalue weighted by Crippen LogP contribution is -1.98. The monoisotopic (exact) mass is 234 g/mol. The maximum Gasteiger partial charge on any atom is 0.137 e. The summed E-state index contributed by atoms with van der Waals surface area (Å²) in [5.74, 6) is 0.944. The molecule has 0 aliphatic rings. The van der Waals surface area contributed by atoms with Crippen molar-refractivity contribution in [3.63, 3.8) is 0 Å². The lowest BCUT2D eigenvalue weighted by atomic mass is 10.1. The van der Waals surface area contributed by atoms with Gasteiger partial charge in [-0.05, 0) is 25.1 Å². The summed E-state index contributed by atoms with van der Waals surface area (Å²) in [5, 5.41) is 1.22. The lowest BCUT2D eigenvalue weighted by molar-refractivity contribution is 0.992. The Kier molecular flexibility index (Phi) is 2.49. The maximum absolute atomic E-state index is 4.44. The number of para-hydroxylation sites is 1. The first kappa shape index (κ1) is 10.8. The Balaban J connectivity index is 2.43. The summed E-state index contributed by atoms with van der Waals surface area (Å²) >= 11 is 0. The SMILES string of the molecule is C=Cc1c(C)n(-c2ccccn2)c2ccccc12. The van der Waals surface area contributed by atoms with Crippen LogP contribution in [0.4, 0.5) is 0 Å². The van der Waals surface area contributed by atoms with E-state index < -0.39 is 0 Å². The van der Waals surface area contributed by atoms with Gasteiger partial charge in [0, 0.05) is 22.8 Å². The van der Waals surface area contributed by atoms with Crippen molar-refractivity contribution in [3.8, 4) is 5.82 Å². The number of hydrogen-bond donors (Lipinski definition) is 0. The van der Waals surface area contributed by atoms with Crippen molar-refractivity contribution in [2.75, 3.05) is 0 Å². The molecule has 0 aliphatic heterocycles. The van der Waals surface area contributed by atoms with Crippen LogP contribution in [0.5, 0.6) is 0 Å². The van der Waals surface area contributed by atoms with E-state index in [4.69, 9.17) is 0 Å². The zero-order valence-corrected chi connectivity index (χ0v) is 10.3. The van der Waals surface area contributed by atoms with Crippen molar-refractivity contribution >= 4 is 17.0 Å². The normalized spacial score (nSPS) is 10.7. The largest absolute Gasteiger partial charge is 0.298 e. The first-order valence-corrected chi connectivity index (χ1v) is 5.97. The van der Waals surface area contributed by atoms with Crippen molar-refractivity contribution in [2.45, 2.75) is 6.92 Å².